The van der Waals surface area contributed by atoms with Crippen LogP contribution in [0.1, 0.15) is 12.8 Å². The van der Waals surface area contributed by atoms with Crippen molar-refractivity contribution in [3.63, 3.8) is 0 Å². The number of likely N-dealkylation sites (N-methyl/N-ethyl adjacent to an activating group) is 1. The number of aromatic nitrogens is 2. The molecule has 0 spiro atoms. The molecule has 1 atom stereocenters. The average Bonchev–Trinajstić information content (AvgIpc) is 3.17. The van der Waals surface area contributed by atoms with Gasteiger partial charge in [-0.1, -0.05) is 12.1 Å². The summed E-state index contributed by atoms with van der Waals surface area (Å²) in [6.07, 6.45) is 4.31. The SMILES string of the molecule is CNCC1CCCN1S(=O)(=O)c1cnn(-c2ccccc2F)c1.Cl. The molecule has 2 heterocycles. The molecule has 9 heteroatoms. The lowest BCUT2D eigenvalue weighted by atomic mass is 10.2. The maximum Gasteiger partial charge on any atom is 0.246 e. The van der Waals surface area contributed by atoms with Gasteiger partial charge in [0.25, 0.3) is 0 Å². The standard InChI is InChI=1S/C15H19FN4O2S.ClH/c1-17-9-12-5-4-8-20(12)23(21,22)13-10-18-19(11-13)15-7-3-2-6-14(15)16;/h2-3,6-7,10-12,17H,4-5,8-9H2,1H3;1H. The molecule has 1 aromatic carbocycles. The van der Waals surface area contributed by atoms with Crippen molar-refractivity contribution in [2.45, 2.75) is 23.8 Å². The fourth-order valence-corrected chi connectivity index (χ4v) is 4.54. The molecule has 0 aliphatic carbocycles. The van der Waals surface area contributed by atoms with Crippen LogP contribution in [0.3, 0.4) is 0 Å². The van der Waals surface area contributed by atoms with Gasteiger partial charge in [-0.2, -0.15) is 9.40 Å². The van der Waals surface area contributed by atoms with Gasteiger partial charge in [0.2, 0.25) is 10.0 Å². The van der Waals surface area contributed by atoms with Crippen molar-refractivity contribution in [1.29, 1.82) is 0 Å². The van der Waals surface area contributed by atoms with Crippen LogP contribution in [0.5, 0.6) is 0 Å². The number of nitrogens with one attached hydrogen (secondary N) is 1. The van der Waals surface area contributed by atoms with Gasteiger partial charge >= 0.3 is 0 Å². The molecule has 1 N–H and O–H groups in total. The third-order valence-electron chi connectivity index (χ3n) is 4.03. The Labute approximate surface area is 147 Å². The molecule has 6 nitrogen and oxygen atoms in total. The van der Waals surface area contributed by atoms with Crippen LogP contribution >= 0.6 is 12.4 Å². The van der Waals surface area contributed by atoms with Crippen LogP contribution in [-0.4, -0.2) is 48.7 Å². The minimum absolute atomic E-state index is 0. The van der Waals surface area contributed by atoms with Crippen molar-refractivity contribution < 1.29 is 12.8 Å². The van der Waals surface area contributed by atoms with Gasteiger partial charge in [0.05, 0.1) is 12.4 Å². The summed E-state index contributed by atoms with van der Waals surface area (Å²) in [5, 5.41) is 7.04. The molecule has 1 fully saturated rings. The van der Waals surface area contributed by atoms with Crippen molar-refractivity contribution in [2.75, 3.05) is 20.1 Å². The van der Waals surface area contributed by atoms with Gasteiger partial charge < -0.3 is 5.32 Å². The summed E-state index contributed by atoms with van der Waals surface area (Å²) in [5.74, 6) is -0.450. The molecule has 0 amide bonds. The van der Waals surface area contributed by atoms with Gasteiger partial charge in [-0.3, -0.25) is 0 Å². The Balaban J connectivity index is 0.00000208. The van der Waals surface area contributed by atoms with Crippen LogP contribution in [0, 0.1) is 5.82 Å². The van der Waals surface area contributed by atoms with Gasteiger partial charge in [0.15, 0.2) is 0 Å². The fourth-order valence-electron chi connectivity index (χ4n) is 2.91. The van der Waals surface area contributed by atoms with Crippen LogP contribution in [0.2, 0.25) is 0 Å². The molecule has 1 aliphatic rings. The monoisotopic (exact) mass is 374 g/mol. The van der Waals surface area contributed by atoms with Crippen LogP contribution in [0.4, 0.5) is 4.39 Å². The second kappa shape index (κ2) is 7.60. The summed E-state index contributed by atoms with van der Waals surface area (Å²) >= 11 is 0. The summed E-state index contributed by atoms with van der Waals surface area (Å²) in [6, 6.07) is 6.07. The minimum Gasteiger partial charge on any atom is -0.318 e. The largest absolute Gasteiger partial charge is 0.318 e. The maximum atomic E-state index is 13.8. The summed E-state index contributed by atoms with van der Waals surface area (Å²) < 4.78 is 42.2. The minimum atomic E-state index is -3.62. The summed E-state index contributed by atoms with van der Waals surface area (Å²) in [6.45, 7) is 1.11. The molecular weight excluding hydrogens is 355 g/mol. The molecule has 132 valence electrons. The van der Waals surface area contributed by atoms with Gasteiger partial charge in [0.1, 0.15) is 16.4 Å². The van der Waals surface area contributed by atoms with E-state index in [1.165, 1.54) is 27.4 Å². The third-order valence-corrected chi connectivity index (χ3v) is 5.93. The van der Waals surface area contributed by atoms with E-state index in [0.29, 0.717) is 13.1 Å². The predicted octanol–water partition coefficient (Wildman–Crippen LogP) is 1.81. The lowest BCUT2D eigenvalue weighted by Gasteiger charge is -2.22. The van der Waals surface area contributed by atoms with Gasteiger partial charge in [0, 0.05) is 19.1 Å². The van der Waals surface area contributed by atoms with E-state index in [9.17, 15) is 12.8 Å². The molecular formula is C15H20ClFN4O2S. The number of hydrogen-bond acceptors (Lipinski definition) is 4. The quantitative estimate of drug-likeness (QED) is 0.866. The van der Waals surface area contributed by atoms with E-state index in [4.69, 9.17) is 0 Å². The van der Waals surface area contributed by atoms with Crippen LogP contribution < -0.4 is 5.32 Å². The molecule has 0 bridgehead atoms. The first-order chi connectivity index (χ1) is 11.0. The van der Waals surface area contributed by atoms with Crippen molar-refractivity contribution in [3.8, 4) is 5.69 Å². The second-order valence-electron chi connectivity index (χ2n) is 5.54. The van der Waals surface area contributed by atoms with Gasteiger partial charge in [-0.05, 0) is 32.0 Å². The Morgan fingerprint density at radius 2 is 2.12 bits per heavy atom. The molecule has 3 rings (SSSR count). The van der Waals surface area contributed by atoms with Crippen molar-refractivity contribution in [3.05, 3.63) is 42.5 Å². The summed E-state index contributed by atoms with van der Waals surface area (Å²) in [7, 11) is -1.82. The number of halogens is 2. The van der Waals surface area contributed by atoms with Gasteiger partial charge in [-0.25, -0.2) is 17.5 Å². The lowest BCUT2D eigenvalue weighted by Crippen LogP contribution is -2.40. The molecule has 1 unspecified atom stereocenters. The topological polar surface area (TPSA) is 67.2 Å². The van der Waals surface area contributed by atoms with E-state index in [0.717, 1.165) is 12.8 Å². The highest BCUT2D eigenvalue weighted by molar-refractivity contribution is 7.89. The number of nitrogens with zero attached hydrogens (tertiary/aromatic N) is 3. The van der Waals surface area contributed by atoms with Crippen LogP contribution in [-0.2, 0) is 10.0 Å². The number of sulfonamides is 1. The normalized spacial score (nSPS) is 18.5. The Morgan fingerprint density at radius 3 is 2.83 bits per heavy atom. The van der Waals surface area contributed by atoms with Crippen LogP contribution in [0.25, 0.3) is 5.69 Å². The van der Waals surface area contributed by atoms with E-state index in [1.807, 2.05) is 0 Å². The first-order valence-corrected chi connectivity index (χ1v) is 8.94. The highest BCUT2D eigenvalue weighted by Crippen LogP contribution is 2.26. The molecule has 2 aromatic rings. The van der Waals surface area contributed by atoms with E-state index in [-0.39, 0.29) is 29.0 Å². The zero-order valence-corrected chi connectivity index (χ0v) is 14.9. The summed E-state index contributed by atoms with van der Waals surface area (Å²) in [5.41, 5.74) is 0.224. The molecule has 0 radical (unpaired) electrons. The predicted molar refractivity (Wildman–Crippen MR) is 91.6 cm³/mol. The zero-order chi connectivity index (χ0) is 16.4. The molecule has 1 saturated heterocycles. The first-order valence-electron chi connectivity index (χ1n) is 7.50. The molecule has 1 aliphatic heterocycles. The molecule has 1 aromatic heterocycles. The van der Waals surface area contributed by atoms with Crippen molar-refractivity contribution in [2.24, 2.45) is 0 Å². The number of hydrogen-bond donors (Lipinski definition) is 1. The molecule has 0 saturated carbocycles. The smallest absolute Gasteiger partial charge is 0.246 e. The van der Waals surface area contributed by atoms with E-state index in [1.54, 1.807) is 25.2 Å². The Kier molecular flexibility index (Phi) is 5.97. The maximum absolute atomic E-state index is 13.8. The number of benzene rings is 1. The van der Waals surface area contributed by atoms with E-state index >= 15 is 0 Å². The molecule has 24 heavy (non-hydrogen) atoms. The Morgan fingerprint density at radius 1 is 1.38 bits per heavy atom. The zero-order valence-electron chi connectivity index (χ0n) is 13.2. The van der Waals surface area contributed by atoms with E-state index < -0.39 is 15.8 Å². The average molecular weight is 375 g/mol. The number of rotatable bonds is 5. The Bertz CT molecular complexity index is 796. The van der Waals surface area contributed by atoms with E-state index in [2.05, 4.69) is 10.4 Å². The van der Waals surface area contributed by atoms with Crippen LogP contribution in [0.15, 0.2) is 41.6 Å². The number of para-hydroxylation sites is 1. The second-order valence-corrected chi connectivity index (χ2v) is 7.43. The lowest BCUT2D eigenvalue weighted by molar-refractivity contribution is 0.379. The first kappa shape index (κ1) is 18.9. The highest BCUT2D eigenvalue weighted by atomic mass is 35.5. The fraction of sp³-hybridized carbons (Fsp3) is 0.400. The van der Waals surface area contributed by atoms with Crippen molar-refractivity contribution in [1.82, 2.24) is 19.4 Å². The Hall–Kier alpha value is -1.48. The third kappa shape index (κ3) is 3.46. The van der Waals surface area contributed by atoms with Gasteiger partial charge in [-0.15, -0.1) is 12.4 Å². The highest BCUT2D eigenvalue weighted by Gasteiger charge is 2.35. The van der Waals surface area contributed by atoms with Crippen molar-refractivity contribution >= 4 is 22.4 Å². The summed E-state index contributed by atoms with van der Waals surface area (Å²) in [4.78, 5) is 0.0868.